The molecule has 20 heavy (non-hydrogen) atoms. The highest BCUT2D eigenvalue weighted by molar-refractivity contribution is 7.90. The Balaban J connectivity index is 2.62. The topological polar surface area (TPSA) is 123 Å². The number of hydrogen-bond donors (Lipinski definition) is 2. The molecule has 0 aliphatic rings. The summed E-state index contributed by atoms with van der Waals surface area (Å²) in [4.78, 5) is 2.26. The summed E-state index contributed by atoms with van der Waals surface area (Å²) in [7, 11) is -5.34. The predicted octanol–water partition coefficient (Wildman–Crippen LogP) is 0.908. The maximum absolute atomic E-state index is 11.5. The minimum absolute atomic E-state index is 0.0305. The molecule has 7 nitrogen and oxygen atoms in total. The number of azide groups is 1. The van der Waals surface area contributed by atoms with Crippen molar-refractivity contribution in [1.82, 2.24) is 0 Å². The van der Waals surface area contributed by atoms with Gasteiger partial charge in [0.15, 0.2) is 0 Å². The first-order valence-electron chi connectivity index (χ1n) is 6.15. The van der Waals surface area contributed by atoms with Crippen LogP contribution >= 0.6 is 0 Å². The smallest absolute Gasteiger partial charge is 0.264 e. The molecule has 0 saturated heterocycles. The molecule has 2 N–H and O–H groups in total. The van der Waals surface area contributed by atoms with Crippen molar-refractivity contribution in [3.8, 4) is 0 Å². The second-order valence-corrected chi connectivity index (χ2v) is 9.04. The average Bonchev–Trinajstić information content (AvgIpc) is 2.44. The van der Waals surface area contributed by atoms with Gasteiger partial charge in [-0.15, -0.1) is 0 Å². The highest BCUT2D eigenvalue weighted by atomic mass is 32.2. The summed E-state index contributed by atoms with van der Waals surface area (Å²) in [5, 5.41) is 18.0. The number of hydrogen-bond acceptors (Lipinski definition) is 4. The Bertz CT molecular complexity index is 566. The molecule has 0 aliphatic heterocycles. The van der Waals surface area contributed by atoms with Gasteiger partial charge in [-0.1, -0.05) is 24.6 Å². The molecule has 0 unspecified atom stereocenters. The van der Waals surface area contributed by atoms with Crippen molar-refractivity contribution >= 4 is 18.8 Å². The molecule has 1 aromatic carbocycles. The first-order valence-corrected chi connectivity index (χ1v) is 10.0. The fourth-order valence-electron chi connectivity index (χ4n) is 1.76. The standard InChI is InChI=1S/C11H17N3O4SSi/c12-13-14-19(17,18)11-5-3-10(4-6-11)2-1-7-20(8-15)9-16/h3-6,15-16,20H,1-2,7-9H2. The third kappa shape index (κ3) is 4.95. The van der Waals surface area contributed by atoms with Gasteiger partial charge in [0, 0.05) is 21.9 Å². The van der Waals surface area contributed by atoms with Gasteiger partial charge in [-0.3, -0.25) is 0 Å². The minimum Gasteiger partial charge on any atom is -0.400 e. The van der Waals surface area contributed by atoms with E-state index < -0.39 is 18.8 Å². The van der Waals surface area contributed by atoms with Crippen LogP contribution in [0.2, 0.25) is 6.04 Å². The Morgan fingerprint density at radius 1 is 1.20 bits per heavy atom. The van der Waals surface area contributed by atoms with Crippen LogP contribution in [-0.2, 0) is 16.4 Å². The highest BCUT2D eigenvalue weighted by Gasteiger charge is 2.11. The summed E-state index contributed by atoms with van der Waals surface area (Å²) in [5.41, 5.74) is 9.14. The van der Waals surface area contributed by atoms with Gasteiger partial charge in [0.25, 0.3) is 10.0 Å². The fraction of sp³-hybridized carbons (Fsp3) is 0.455. The van der Waals surface area contributed by atoms with Crippen molar-refractivity contribution in [1.29, 1.82) is 0 Å². The van der Waals surface area contributed by atoms with Crippen molar-refractivity contribution in [3.05, 3.63) is 40.3 Å². The zero-order valence-electron chi connectivity index (χ0n) is 10.9. The molecule has 0 bridgehead atoms. The van der Waals surface area contributed by atoms with E-state index in [1.165, 1.54) is 12.1 Å². The molecule has 0 atom stereocenters. The fourth-order valence-corrected chi connectivity index (χ4v) is 3.69. The van der Waals surface area contributed by atoms with Crippen LogP contribution < -0.4 is 0 Å². The summed E-state index contributed by atoms with van der Waals surface area (Å²) in [6, 6.07) is 7.01. The zero-order chi connectivity index (χ0) is 15.0. The Morgan fingerprint density at radius 3 is 2.30 bits per heavy atom. The quantitative estimate of drug-likeness (QED) is 0.320. The van der Waals surface area contributed by atoms with Crippen molar-refractivity contribution in [3.63, 3.8) is 0 Å². The summed E-state index contributed by atoms with van der Waals surface area (Å²) in [6.45, 7) is 0. The van der Waals surface area contributed by atoms with Crippen molar-refractivity contribution in [2.24, 2.45) is 4.52 Å². The van der Waals surface area contributed by atoms with E-state index in [4.69, 9.17) is 15.7 Å². The van der Waals surface area contributed by atoms with E-state index in [1.807, 2.05) is 0 Å². The van der Waals surface area contributed by atoms with Gasteiger partial charge in [0.2, 0.25) is 0 Å². The lowest BCUT2D eigenvalue weighted by Gasteiger charge is -2.08. The maximum atomic E-state index is 11.5. The average molecular weight is 315 g/mol. The van der Waals surface area contributed by atoms with Crippen LogP contribution in [0.25, 0.3) is 10.4 Å². The SMILES string of the molecule is [N-]=[N+]=NS(=O)(=O)c1ccc(CCC[SiH](CO)CO)cc1. The molecular formula is C11H17N3O4SSi. The molecule has 0 aliphatic carbocycles. The van der Waals surface area contributed by atoms with Gasteiger partial charge in [-0.05, 0) is 29.6 Å². The van der Waals surface area contributed by atoms with E-state index in [2.05, 4.69) is 9.43 Å². The number of aliphatic hydroxyl groups excluding tert-OH is 2. The number of aryl methyl sites for hydroxylation is 1. The first kappa shape index (κ1) is 16.7. The minimum atomic E-state index is -3.92. The van der Waals surface area contributed by atoms with Crippen molar-refractivity contribution in [2.45, 2.75) is 23.8 Å². The Hall–Kier alpha value is -1.38. The lowest BCUT2D eigenvalue weighted by atomic mass is 10.1. The molecule has 9 heteroatoms. The van der Waals surface area contributed by atoms with E-state index in [-0.39, 0.29) is 17.4 Å². The molecular weight excluding hydrogens is 298 g/mol. The van der Waals surface area contributed by atoms with Crippen LogP contribution in [0.15, 0.2) is 33.7 Å². The van der Waals surface area contributed by atoms with Gasteiger partial charge in [-0.2, -0.15) is 0 Å². The second kappa shape index (κ2) is 8.03. The largest absolute Gasteiger partial charge is 0.400 e. The molecule has 0 saturated carbocycles. The van der Waals surface area contributed by atoms with E-state index >= 15 is 0 Å². The van der Waals surface area contributed by atoms with E-state index in [0.29, 0.717) is 0 Å². The van der Waals surface area contributed by atoms with Crippen LogP contribution in [0.3, 0.4) is 0 Å². The predicted molar refractivity (Wildman–Crippen MR) is 77.2 cm³/mol. The number of nitrogens with zero attached hydrogens (tertiary/aromatic N) is 3. The summed E-state index contributed by atoms with van der Waals surface area (Å²) < 4.78 is 25.7. The summed E-state index contributed by atoms with van der Waals surface area (Å²) in [5.74, 6) is 0. The molecule has 1 rings (SSSR count). The second-order valence-electron chi connectivity index (χ2n) is 4.41. The lowest BCUT2D eigenvalue weighted by molar-refractivity contribution is 0.328. The molecule has 0 fully saturated rings. The van der Waals surface area contributed by atoms with Crippen LogP contribution in [0, 0.1) is 0 Å². The molecule has 110 valence electrons. The molecule has 0 aromatic heterocycles. The van der Waals surface area contributed by atoms with Crippen LogP contribution in [0.5, 0.6) is 0 Å². The van der Waals surface area contributed by atoms with Gasteiger partial charge in [0.1, 0.15) is 0 Å². The molecule has 0 amide bonds. The van der Waals surface area contributed by atoms with Crippen LogP contribution in [0.1, 0.15) is 12.0 Å². The molecule has 0 spiro atoms. The van der Waals surface area contributed by atoms with E-state index in [9.17, 15) is 8.42 Å². The summed E-state index contributed by atoms with van der Waals surface area (Å²) in [6.07, 6.45) is 1.80. The lowest BCUT2D eigenvalue weighted by Crippen LogP contribution is -2.23. The Morgan fingerprint density at radius 2 is 1.80 bits per heavy atom. The van der Waals surface area contributed by atoms with Gasteiger partial charge in [-0.25, -0.2) is 8.42 Å². The van der Waals surface area contributed by atoms with E-state index in [1.54, 1.807) is 12.1 Å². The summed E-state index contributed by atoms with van der Waals surface area (Å²) >= 11 is 0. The van der Waals surface area contributed by atoms with Gasteiger partial charge in [0.05, 0.1) is 13.7 Å². The van der Waals surface area contributed by atoms with Crippen molar-refractivity contribution < 1.29 is 18.6 Å². The van der Waals surface area contributed by atoms with Crippen molar-refractivity contribution in [2.75, 3.05) is 12.5 Å². The molecule has 0 heterocycles. The highest BCUT2D eigenvalue weighted by Crippen LogP contribution is 2.15. The number of sulfonamides is 1. The Kier molecular flexibility index (Phi) is 6.69. The first-order chi connectivity index (χ1) is 9.53. The third-order valence-corrected chi connectivity index (χ3v) is 6.37. The molecule has 0 radical (unpaired) electrons. The zero-order valence-corrected chi connectivity index (χ0v) is 12.9. The number of benzene rings is 1. The maximum Gasteiger partial charge on any atom is 0.264 e. The van der Waals surface area contributed by atoms with E-state index in [0.717, 1.165) is 24.4 Å². The number of rotatable bonds is 8. The third-order valence-electron chi connectivity index (χ3n) is 2.96. The number of aliphatic hydroxyl groups is 2. The molecule has 1 aromatic rings. The normalized spacial score (nSPS) is 11.3. The monoisotopic (exact) mass is 315 g/mol. The van der Waals surface area contributed by atoms with Crippen LogP contribution in [0.4, 0.5) is 0 Å². The van der Waals surface area contributed by atoms with Gasteiger partial charge >= 0.3 is 0 Å². The Labute approximate surface area is 119 Å². The van der Waals surface area contributed by atoms with Gasteiger partial charge < -0.3 is 10.2 Å². The van der Waals surface area contributed by atoms with Crippen LogP contribution in [-0.4, -0.2) is 39.9 Å².